The third kappa shape index (κ3) is 2.62. The summed E-state index contributed by atoms with van der Waals surface area (Å²) in [7, 11) is 0. The summed E-state index contributed by atoms with van der Waals surface area (Å²) < 4.78 is 5.70. The minimum Gasteiger partial charge on any atom is -0.373 e. The standard InChI is InChI=1S/C16H20N2O2/c1-11-8-18(9-12(2)20-11)10-16(19)14-7-17-15-6-4-3-5-13(14)15/h3-7,11-12,17H,8-10H2,1-2H3. The van der Waals surface area contributed by atoms with Crippen molar-refractivity contribution < 1.29 is 9.53 Å². The van der Waals surface area contributed by atoms with Crippen LogP contribution in [0.15, 0.2) is 30.5 Å². The third-order valence-corrected chi connectivity index (χ3v) is 3.75. The third-order valence-electron chi connectivity index (χ3n) is 3.75. The summed E-state index contributed by atoms with van der Waals surface area (Å²) >= 11 is 0. The largest absolute Gasteiger partial charge is 0.373 e. The van der Waals surface area contributed by atoms with Crippen LogP contribution in [0.25, 0.3) is 10.9 Å². The van der Waals surface area contributed by atoms with Crippen LogP contribution >= 0.6 is 0 Å². The van der Waals surface area contributed by atoms with Crippen LogP contribution in [-0.4, -0.2) is 47.5 Å². The smallest absolute Gasteiger partial charge is 0.178 e. The number of hydrogen-bond donors (Lipinski definition) is 1. The number of aromatic amines is 1. The maximum atomic E-state index is 12.5. The summed E-state index contributed by atoms with van der Waals surface area (Å²) in [6.45, 7) is 6.20. The Morgan fingerprint density at radius 2 is 2.00 bits per heavy atom. The van der Waals surface area contributed by atoms with Crippen LogP contribution in [0.4, 0.5) is 0 Å². The van der Waals surface area contributed by atoms with Gasteiger partial charge in [0.15, 0.2) is 5.78 Å². The number of ketones is 1. The predicted molar refractivity (Wildman–Crippen MR) is 79.1 cm³/mol. The topological polar surface area (TPSA) is 45.3 Å². The van der Waals surface area contributed by atoms with Gasteiger partial charge in [-0.05, 0) is 19.9 Å². The van der Waals surface area contributed by atoms with E-state index in [1.54, 1.807) is 0 Å². The van der Waals surface area contributed by atoms with Gasteiger partial charge >= 0.3 is 0 Å². The number of hydrogen-bond acceptors (Lipinski definition) is 3. The van der Waals surface area contributed by atoms with Gasteiger partial charge in [-0.25, -0.2) is 0 Å². The van der Waals surface area contributed by atoms with Gasteiger partial charge in [0.05, 0.1) is 18.8 Å². The maximum absolute atomic E-state index is 12.5. The summed E-state index contributed by atoms with van der Waals surface area (Å²) in [4.78, 5) is 17.8. The summed E-state index contributed by atoms with van der Waals surface area (Å²) in [5.41, 5.74) is 1.80. The molecule has 0 spiro atoms. The summed E-state index contributed by atoms with van der Waals surface area (Å²) in [5.74, 6) is 0.170. The number of morpholine rings is 1. The quantitative estimate of drug-likeness (QED) is 0.873. The molecule has 0 amide bonds. The minimum absolute atomic E-state index is 0.170. The number of rotatable bonds is 3. The Bertz CT molecular complexity index is 610. The first-order valence-corrected chi connectivity index (χ1v) is 7.10. The van der Waals surface area contributed by atoms with Crippen molar-refractivity contribution in [3.8, 4) is 0 Å². The second-order valence-corrected chi connectivity index (χ2v) is 5.62. The lowest BCUT2D eigenvalue weighted by molar-refractivity contribution is -0.0652. The molecule has 106 valence electrons. The number of ether oxygens (including phenoxy) is 1. The highest BCUT2D eigenvalue weighted by Gasteiger charge is 2.24. The number of carbonyl (C=O) groups excluding carboxylic acids is 1. The molecule has 4 heteroatoms. The fraction of sp³-hybridized carbons (Fsp3) is 0.438. The van der Waals surface area contributed by atoms with E-state index in [1.807, 2.05) is 30.5 Å². The van der Waals surface area contributed by atoms with E-state index in [2.05, 4.69) is 23.7 Å². The molecular weight excluding hydrogens is 252 g/mol. The molecule has 0 saturated carbocycles. The molecule has 0 radical (unpaired) electrons. The summed E-state index contributed by atoms with van der Waals surface area (Å²) in [6.07, 6.45) is 2.20. The second kappa shape index (κ2) is 5.38. The van der Waals surface area contributed by atoms with Crippen molar-refractivity contribution in [3.05, 3.63) is 36.0 Å². The van der Waals surface area contributed by atoms with Crippen LogP contribution in [0.2, 0.25) is 0 Å². The molecule has 0 bridgehead atoms. The van der Waals surface area contributed by atoms with Crippen LogP contribution in [0.1, 0.15) is 24.2 Å². The van der Waals surface area contributed by atoms with Crippen molar-refractivity contribution >= 4 is 16.7 Å². The summed E-state index contributed by atoms with van der Waals surface area (Å²) in [5, 5.41) is 1.01. The number of Topliss-reactive ketones (excluding diaryl/α,β-unsaturated/α-hetero) is 1. The molecule has 3 rings (SSSR count). The highest BCUT2D eigenvalue weighted by molar-refractivity contribution is 6.08. The Balaban J connectivity index is 1.76. The van der Waals surface area contributed by atoms with Gasteiger partial charge in [-0.1, -0.05) is 18.2 Å². The van der Waals surface area contributed by atoms with Crippen molar-refractivity contribution in [2.45, 2.75) is 26.1 Å². The van der Waals surface area contributed by atoms with Crippen molar-refractivity contribution in [1.29, 1.82) is 0 Å². The average molecular weight is 272 g/mol. The fourth-order valence-electron chi connectivity index (χ4n) is 3.00. The van der Waals surface area contributed by atoms with E-state index in [9.17, 15) is 4.79 Å². The number of fused-ring (bicyclic) bond motifs is 1. The molecule has 1 aliphatic rings. The Hall–Kier alpha value is -1.65. The molecule has 1 aromatic heterocycles. The van der Waals surface area contributed by atoms with Gasteiger partial charge in [0, 0.05) is 35.8 Å². The number of aromatic nitrogens is 1. The van der Waals surface area contributed by atoms with E-state index in [0.717, 1.165) is 29.6 Å². The van der Waals surface area contributed by atoms with Crippen molar-refractivity contribution in [3.63, 3.8) is 0 Å². The number of benzene rings is 1. The van der Waals surface area contributed by atoms with Gasteiger partial charge in [-0.3, -0.25) is 9.69 Å². The van der Waals surface area contributed by atoms with E-state index >= 15 is 0 Å². The first-order valence-electron chi connectivity index (χ1n) is 7.10. The molecule has 20 heavy (non-hydrogen) atoms. The van der Waals surface area contributed by atoms with Gasteiger partial charge in [-0.15, -0.1) is 0 Å². The normalized spacial score (nSPS) is 24.1. The van der Waals surface area contributed by atoms with Gasteiger partial charge in [0.2, 0.25) is 0 Å². The predicted octanol–water partition coefficient (Wildman–Crippen LogP) is 2.46. The highest BCUT2D eigenvalue weighted by atomic mass is 16.5. The van der Waals surface area contributed by atoms with Gasteiger partial charge < -0.3 is 9.72 Å². The zero-order valence-corrected chi connectivity index (χ0v) is 11.9. The van der Waals surface area contributed by atoms with Crippen LogP contribution in [-0.2, 0) is 4.74 Å². The Morgan fingerprint density at radius 1 is 1.30 bits per heavy atom. The zero-order valence-electron chi connectivity index (χ0n) is 11.9. The SMILES string of the molecule is CC1CN(CC(=O)c2c[nH]c3ccccc23)CC(C)O1. The first-order chi connectivity index (χ1) is 9.63. The molecule has 2 unspecified atom stereocenters. The molecule has 2 aromatic rings. The van der Waals surface area contributed by atoms with E-state index in [4.69, 9.17) is 4.74 Å². The molecule has 2 atom stereocenters. The number of carbonyl (C=O) groups is 1. The maximum Gasteiger partial charge on any atom is 0.178 e. The van der Waals surface area contributed by atoms with Crippen LogP contribution < -0.4 is 0 Å². The number of H-pyrrole nitrogens is 1. The van der Waals surface area contributed by atoms with Crippen LogP contribution in [0, 0.1) is 0 Å². The van der Waals surface area contributed by atoms with E-state index < -0.39 is 0 Å². The zero-order chi connectivity index (χ0) is 14.1. The molecule has 2 heterocycles. The van der Waals surface area contributed by atoms with Crippen molar-refractivity contribution in [2.75, 3.05) is 19.6 Å². The number of para-hydroxylation sites is 1. The number of nitrogens with one attached hydrogen (secondary N) is 1. The Kier molecular flexibility index (Phi) is 3.59. The highest BCUT2D eigenvalue weighted by Crippen LogP contribution is 2.19. The lowest BCUT2D eigenvalue weighted by Gasteiger charge is -2.34. The molecule has 1 fully saturated rings. The molecule has 4 nitrogen and oxygen atoms in total. The van der Waals surface area contributed by atoms with Gasteiger partial charge in [0.25, 0.3) is 0 Å². The molecule has 1 aliphatic heterocycles. The van der Waals surface area contributed by atoms with E-state index in [1.165, 1.54) is 0 Å². The van der Waals surface area contributed by atoms with Crippen molar-refractivity contribution in [1.82, 2.24) is 9.88 Å². The second-order valence-electron chi connectivity index (χ2n) is 5.62. The fourth-order valence-corrected chi connectivity index (χ4v) is 3.00. The van der Waals surface area contributed by atoms with E-state index in [-0.39, 0.29) is 18.0 Å². The molecule has 1 saturated heterocycles. The summed E-state index contributed by atoms with van der Waals surface area (Å²) in [6, 6.07) is 7.92. The van der Waals surface area contributed by atoms with Crippen LogP contribution in [0.5, 0.6) is 0 Å². The van der Waals surface area contributed by atoms with Crippen molar-refractivity contribution in [2.24, 2.45) is 0 Å². The minimum atomic E-state index is 0.170. The van der Waals surface area contributed by atoms with Gasteiger partial charge in [0.1, 0.15) is 0 Å². The lowest BCUT2D eigenvalue weighted by atomic mass is 10.1. The molecular formula is C16H20N2O2. The molecule has 0 aliphatic carbocycles. The lowest BCUT2D eigenvalue weighted by Crippen LogP contribution is -2.47. The molecule has 1 aromatic carbocycles. The first kappa shape index (κ1) is 13.3. The van der Waals surface area contributed by atoms with Crippen LogP contribution in [0.3, 0.4) is 0 Å². The molecule has 1 N–H and O–H groups in total. The Labute approximate surface area is 118 Å². The van der Waals surface area contributed by atoms with Gasteiger partial charge in [-0.2, -0.15) is 0 Å². The van der Waals surface area contributed by atoms with E-state index in [0.29, 0.717) is 6.54 Å². The number of nitrogens with zero attached hydrogens (tertiary/aromatic N) is 1. The monoisotopic (exact) mass is 272 g/mol. The Morgan fingerprint density at radius 3 is 2.75 bits per heavy atom. The average Bonchev–Trinajstić information content (AvgIpc) is 2.81.